The second-order valence-corrected chi connectivity index (χ2v) is 6.77. The van der Waals surface area contributed by atoms with E-state index in [-0.39, 0.29) is 18.3 Å². The van der Waals surface area contributed by atoms with Crippen LogP contribution in [0.15, 0.2) is 24.3 Å². The third-order valence-corrected chi connectivity index (χ3v) is 4.55. The average molecular weight is 271 g/mol. The van der Waals surface area contributed by atoms with Gasteiger partial charge in [-0.3, -0.25) is 4.98 Å². The Morgan fingerprint density at radius 2 is 1.80 bits per heavy atom. The van der Waals surface area contributed by atoms with Gasteiger partial charge in [0, 0.05) is 6.20 Å². The number of nitrogens with zero attached hydrogens (tertiary/aromatic N) is 1. The normalized spacial score (nSPS) is 24.5. The van der Waals surface area contributed by atoms with Gasteiger partial charge >= 0.3 is 7.12 Å². The highest BCUT2D eigenvalue weighted by Crippen LogP contribution is 2.39. The quantitative estimate of drug-likeness (QED) is 0.787. The summed E-state index contributed by atoms with van der Waals surface area (Å²) in [6.45, 7) is 8.24. The molecule has 2 aliphatic rings. The van der Waals surface area contributed by atoms with Gasteiger partial charge in [-0.1, -0.05) is 12.0 Å². The number of pyridine rings is 1. The van der Waals surface area contributed by atoms with Crippen molar-refractivity contribution in [3.8, 4) is 0 Å². The first kappa shape index (κ1) is 13.8. The minimum Gasteiger partial charge on any atom is -0.400 e. The molecule has 106 valence electrons. The minimum absolute atomic E-state index is 0.286. The fraction of sp³-hybridized carbons (Fsp3) is 0.562. The second-order valence-electron chi connectivity index (χ2n) is 6.77. The molecule has 1 aromatic rings. The summed E-state index contributed by atoms with van der Waals surface area (Å²) in [6, 6.07) is 4.24. The summed E-state index contributed by atoms with van der Waals surface area (Å²) in [4.78, 5) is 4.48. The Hall–Kier alpha value is -1.13. The molecule has 0 bridgehead atoms. The molecule has 3 nitrogen and oxygen atoms in total. The van der Waals surface area contributed by atoms with E-state index in [4.69, 9.17) is 9.31 Å². The van der Waals surface area contributed by atoms with Gasteiger partial charge in [-0.05, 0) is 64.2 Å². The van der Waals surface area contributed by atoms with E-state index in [1.54, 1.807) is 0 Å². The molecule has 0 unspecified atom stereocenters. The minimum atomic E-state index is -0.301. The van der Waals surface area contributed by atoms with Crippen LogP contribution in [0, 0.1) is 0 Å². The summed E-state index contributed by atoms with van der Waals surface area (Å²) >= 11 is 0. The van der Waals surface area contributed by atoms with E-state index >= 15 is 0 Å². The SMILES string of the molecule is CC1(C)OB(/C=C/c2ccc(C3CC3)cn2)OC1(C)C. The van der Waals surface area contributed by atoms with Crippen LogP contribution < -0.4 is 0 Å². The molecule has 0 N–H and O–H groups in total. The third-order valence-electron chi connectivity index (χ3n) is 4.55. The molecule has 0 amide bonds. The van der Waals surface area contributed by atoms with Crippen LogP contribution >= 0.6 is 0 Å². The second kappa shape index (κ2) is 4.71. The number of rotatable bonds is 3. The molecule has 0 atom stereocenters. The van der Waals surface area contributed by atoms with Crippen molar-refractivity contribution in [3.05, 3.63) is 35.6 Å². The third kappa shape index (κ3) is 2.67. The lowest BCUT2D eigenvalue weighted by molar-refractivity contribution is 0.00578. The van der Waals surface area contributed by atoms with Crippen LogP contribution in [0.1, 0.15) is 57.7 Å². The zero-order valence-corrected chi connectivity index (χ0v) is 12.7. The molecule has 3 rings (SSSR count). The Labute approximate surface area is 121 Å². The first-order valence-electron chi connectivity index (χ1n) is 7.37. The van der Waals surface area contributed by atoms with Crippen LogP contribution in [0.25, 0.3) is 6.08 Å². The first-order chi connectivity index (χ1) is 9.37. The lowest BCUT2D eigenvalue weighted by atomic mass is 9.89. The van der Waals surface area contributed by atoms with E-state index in [2.05, 4.69) is 44.8 Å². The van der Waals surface area contributed by atoms with Crippen molar-refractivity contribution in [3.63, 3.8) is 0 Å². The molecule has 2 heterocycles. The van der Waals surface area contributed by atoms with Gasteiger partial charge in [-0.15, -0.1) is 0 Å². The van der Waals surface area contributed by atoms with Gasteiger partial charge in [0.1, 0.15) is 0 Å². The van der Waals surface area contributed by atoms with Gasteiger partial charge in [0.15, 0.2) is 0 Å². The average Bonchev–Trinajstić information content (AvgIpc) is 3.17. The largest absolute Gasteiger partial charge is 0.487 e. The zero-order valence-electron chi connectivity index (χ0n) is 12.7. The van der Waals surface area contributed by atoms with Crippen molar-refractivity contribution >= 4 is 13.2 Å². The van der Waals surface area contributed by atoms with Gasteiger partial charge in [0.05, 0.1) is 16.9 Å². The number of aromatic nitrogens is 1. The highest BCUT2D eigenvalue weighted by Gasteiger charge is 2.49. The summed E-state index contributed by atoms with van der Waals surface area (Å²) in [5.41, 5.74) is 1.73. The van der Waals surface area contributed by atoms with E-state index in [0.717, 1.165) is 11.6 Å². The summed E-state index contributed by atoms with van der Waals surface area (Å²) in [5, 5.41) is 0. The van der Waals surface area contributed by atoms with Gasteiger partial charge in [-0.25, -0.2) is 0 Å². The van der Waals surface area contributed by atoms with Gasteiger partial charge < -0.3 is 9.31 Å². The van der Waals surface area contributed by atoms with Crippen molar-refractivity contribution in [1.82, 2.24) is 4.98 Å². The standard InChI is InChI=1S/C16H22BNO2/c1-15(2)16(3,4)20-17(19-15)10-9-14-8-7-13(11-18-14)12-5-6-12/h7-12H,5-6H2,1-4H3/b10-9+. The van der Waals surface area contributed by atoms with E-state index < -0.39 is 0 Å². The van der Waals surface area contributed by atoms with Crippen LogP contribution in [0.5, 0.6) is 0 Å². The Bertz CT molecular complexity index is 502. The van der Waals surface area contributed by atoms with E-state index in [1.807, 2.05) is 18.2 Å². The van der Waals surface area contributed by atoms with Crippen LogP contribution in [-0.2, 0) is 9.31 Å². The molecule has 1 saturated carbocycles. The lowest BCUT2D eigenvalue weighted by Crippen LogP contribution is -2.41. The molecule has 1 saturated heterocycles. The highest BCUT2D eigenvalue weighted by atomic mass is 16.7. The molecule has 1 aromatic heterocycles. The monoisotopic (exact) mass is 271 g/mol. The van der Waals surface area contributed by atoms with Crippen molar-refractivity contribution < 1.29 is 9.31 Å². The topological polar surface area (TPSA) is 31.4 Å². The highest BCUT2D eigenvalue weighted by molar-refractivity contribution is 6.52. The summed E-state index contributed by atoms with van der Waals surface area (Å²) in [7, 11) is -0.301. The van der Waals surface area contributed by atoms with Gasteiger partial charge in [-0.2, -0.15) is 0 Å². The van der Waals surface area contributed by atoms with Crippen LogP contribution in [0.3, 0.4) is 0 Å². The fourth-order valence-electron chi connectivity index (χ4n) is 2.32. The number of hydrogen-bond acceptors (Lipinski definition) is 3. The maximum Gasteiger partial charge on any atom is 0.487 e. The summed E-state index contributed by atoms with van der Waals surface area (Å²) < 4.78 is 11.8. The van der Waals surface area contributed by atoms with E-state index in [1.165, 1.54) is 18.4 Å². The molecule has 0 aromatic carbocycles. The van der Waals surface area contributed by atoms with Crippen LogP contribution in [-0.4, -0.2) is 23.3 Å². The van der Waals surface area contributed by atoms with E-state index in [0.29, 0.717) is 0 Å². The van der Waals surface area contributed by atoms with Crippen LogP contribution in [0.4, 0.5) is 0 Å². The van der Waals surface area contributed by atoms with Crippen molar-refractivity contribution in [2.75, 3.05) is 0 Å². The Balaban J connectivity index is 1.65. The first-order valence-corrected chi connectivity index (χ1v) is 7.37. The summed E-state index contributed by atoms with van der Waals surface area (Å²) in [6.07, 6.45) is 6.58. The zero-order chi connectivity index (χ0) is 14.4. The predicted octanol–water partition coefficient (Wildman–Crippen LogP) is 3.60. The van der Waals surface area contributed by atoms with Crippen LogP contribution in [0.2, 0.25) is 0 Å². The molecule has 4 heteroatoms. The molecule has 0 radical (unpaired) electrons. The molecule has 20 heavy (non-hydrogen) atoms. The maximum absolute atomic E-state index is 5.92. The Morgan fingerprint density at radius 3 is 2.30 bits per heavy atom. The Kier molecular flexibility index (Phi) is 3.26. The smallest absolute Gasteiger partial charge is 0.400 e. The van der Waals surface area contributed by atoms with Crippen molar-refractivity contribution in [2.24, 2.45) is 0 Å². The van der Waals surface area contributed by atoms with Gasteiger partial charge in [0.2, 0.25) is 0 Å². The van der Waals surface area contributed by atoms with Crippen molar-refractivity contribution in [2.45, 2.75) is 57.7 Å². The number of hydrogen-bond donors (Lipinski definition) is 0. The molecule has 2 fully saturated rings. The molecule has 1 aliphatic heterocycles. The molecular formula is C16H22BNO2. The lowest BCUT2D eigenvalue weighted by Gasteiger charge is -2.32. The molecule has 0 spiro atoms. The summed E-state index contributed by atoms with van der Waals surface area (Å²) in [5.74, 6) is 2.69. The van der Waals surface area contributed by atoms with Gasteiger partial charge in [0.25, 0.3) is 0 Å². The van der Waals surface area contributed by atoms with Crippen molar-refractivity contribution in [1.29, 1.82) is 0 Å². The molecule has 1 aliphatic carbocycles. The predicted molar refractivity (Wildman–Crippen MR) is 81.3 cm³/mol. The molecular weight excluding hydrogens is 249 g/mol. The maximum atomic E-state index is 5.92. The van der Waals surface area contributed by atoms with E-state index in [9.17, 15) is 0 Å². The fourth-order valence-corrected chi connectivity index (χ4v) is 2.32. The Morgan fingerprint density at radius 1 is 1.15 bits per heavy atom.